The van der Waals surface area contributed by atoms with E-state index in [2.05, 4.69) is 253 Å². The van der Waals surface area contributed by atoms with E-state index in [1.54, 1.807) is 0 Å². The van der Waals surface area contributed by atoms with Crippen molar-refractivity contribution in [2.75, 3.05) is 9.80 Å². The second kappa shape index (κ2) is 15.7. The van der Waals surface area contributed by atoms with Gasteiger partial charge >= 0.3 is 0 Å². The third-order valence-corrected chi connectivity index (χ3v) is 15.1. The summed E-state index contributed by atoms with van der Waals surface area (Å²) in [6.45, 7) is 0.357. The highest BCUT2D eigenvalue weighted by Gasteiger charge is 2.61. The Labute approximate surface area is 388 Å². The van der Waals surface area contributed by atoms with Gasteiger partial charge in [0, 0.05) is 28.2 Å². The molecule has 0 N–H and O–H groups in total. The smallest absolute Gasteiger partial charge is 0.217 e. The van der Waals surface area contributed by atoms with Crippen molar-refractivity contribution >= 4 is 69.4 Å². The van der Waals surface area contributed by atoms with E-state index in [0.29, 0.717) is 0 Å². The predicted molar refractivity (Wildman–Crippen MR) is 277 cm³/mol. The van der Waals surface area contributed by atoms with Gasteiger partial charge in [0.05, 0.1) is 11.4 Å². The van der Waals surface area contributed by atoms with Crippen molar-refractivity contribution in [2.24, 2.45) is 11.8 Å². The van der Waals surface area contributed by atoms with Crippen LogP contribution in [0.5, 0.6) is 11.5 Å². The van der Waals surface area contributed by atoms with Gasteiger partial charge in [0.1, 0.15) is 0 Å². The van der Waals surface area contributed by atoms with Crippen molar-refractivity contribution < 1.29 is 4.74 Å². The average molecular weight is 845 g/mol. The van der Waals surface area contributed by atoms with Crippen LogP contribution in [-0.2, 0) is 5.41 Å². The first-order valence-corrected chi connectivity index (χ1v) is 23.4. The number of para-hydroxylation sites is 6. The Balaban J connectivity index is 0.930. The van der Waals surface area contributed by atoms with Gasteiger partial charge in [-0.2, -0.15) is 0 Å². The molecule has 0 saturated carbocycles. The SMILES string of the molecule is C1=CC2B(c3ccc(N(c4ccccc4)c4ccccc4)cc3)c3ccccc3C3(c4ccccc4B(c4ccc(N5c6ccccc6Oc6ccccc65)cc4)C4C=CC=CC43)C2C=C1. The van der Waals surface area contributed by atoms with Gasteiger partial charge in [0.25, 0.3) is 0 Å². The molecular weight excluding hydrogens is 798 g/mol. The maximum absolute atomic E-state index is 6.37. The minimum Gasteiger partial charge on any atom is -0.453 e. The third kappa shape index (κ3) is 5.92. The Hall–Kier alpha value is -7.75. The quantitative estimate of drug-likeness (QED) is 0.155. The number of nitrogens with zero attached hydrogens (tertiary/aromatic N) is 2. The number of ether oxygens (including phenoxy) is 1. The molecule has 8 aromatic carbocycles. The fraction of sp³-hybridized carbons (Fsp3) is 0.0820. The molecule has 3 heterocycles. The van der Waals surface area contributed by atoms with Gasteiger partial charge in [0.2, 0.25) is 13.4 Å². The van der Waals surface area contributed by atoms with Crippen LogP contribution in [0.2, 0.25) is 11.6 Å². The average Bonchev–Trinajstić information content (AvgIpc) is 3.39. The number of anilines is 6. The second-order valence-electron chi connectivity index (χ2n) is 18.3. The van der Waals surface area contributed by atoms with E-state index >= 15 is 0 Å². The zero-order valence-corrected chi connectivity index (χ0v) is 36.5. The number of fused-ring (bicyclic) bond motifs is 10. The molecule has 3 aliphatic heterocycles. The molecule has 1 spiro atoms. The molecule has 0 radical (unpaired) electrons. The van der Waals surface area contributed by atoms with Gasteiger partial charge in [0.15, 0.2) is 11.5 Å². The highest BCUT2D eigenvalue weighted by Crippen LogP contribution is 2.60. The lowest BCUT2D eigenvalue weighted by Crippen LogP contribution is -2.67. The monoisotopic (exact) mass is 844 g/mol. The number of hydrogen-bond acceptors (Lipinski definition) is 3. The first kappa shape index (κ1) is 38.7. The minimum absolute atomic E-state index is 0.174. The van der Waals surface area contributed by atoms with Crippen molar-refractivity contribution in [2.45, 2.75) is 17.0 Å². The highest BCUT2D eigenvalue weighted by atomic mass is 16.5. The van der Waals surface area contributed by atoms with Crippen molar-refractivity contribution in [3.05, 3.63) is 266 Å². The first-order chi connectivity index (χ1) is 32.8. The summed E-state index contributed by atoms with van der Waals surface area (Å²) in [5.41, 5.74) is 14.8. The molecule has 66 heavy (non-hydrogen) atoms. The largest absolute Gasteiger partial charge is 0.453 e. The van der Waals surface area contributed by atoms with Gasteiger partial charge in [-0.25, -0.2) is 0 Å². The van der Waals surface area contributed by atoms with Gasteiger partial charge in [-0.3, -0.25) is 0 Å². The van der Waals surface area contributed by atoms with Crippen molar-refractivity contribution in [1.82, 2.24) is 0 Å². The van der Waals surface area contributed by atoms with Gasteiger partial charge in [-0.15, -0.1) is 0 Å². The Bertz CT molecular complexity index is 3150. The molecule has 8 aromatic rings. The summed E-state index contributed by atoms with van der Waals surface area (Å²) in [5, 5.41) is 0. The minimum atomic E-state index is -0.295. The fourth-order valence-electron chi connectivity index (χ4n) is 12.6. The molecule has 5 atom stereocenters. The molecule has 5 aliphatic rings. The topological polar surface area (TPSA) is 15.7 Å². The highest BCUT2D eigenvalue weighted by molar-refractivity contribution is 6.88. The number of rotatable bonds is 6. The molecular formula is C61H46B2N2O. The van der Waals surface area contributed by atoms with E-state index in [4.69, 9.17) is 4.74 Å². The van der Waals surface area contributed by atoms with Crippen LogP contribution in [0.1, 0.15) is 11.1 Å². The van der Waals surface area contributed by atoms with Crippen LogP contribution in [0.15, 0.2) is 255 Å². The van der Waals surface area contributed by atoms with Crippen molar-refractivity contribution in [3.63, 3.8) is 0 Å². The van der Waals surface area contributed by atoms with Crippen molar-refractivity contribution in [1.29, 1.82) is 0 Å². The summed E-state index contributed by atoms with van der Waals surface area (Å²) in [4.78, 5) is 4.69. The van der Waals surface area contributed by atoms with E-state index in [1.165, 1.54) is 33.0 Å². The Morgan fingerprint density at radius 3 is 1.32 bits per heavy atom. The maximum atomic E-state index is 6.37. The Morgan fingerprint density at radius 1 is 0.394 bits per heavy atom. The summed E-state index contributed by atoms with van der Waals surface area (Å²) in [6.07, 6.45) is 19.4. The maximum Gasteiger partial charge on any atom is 0.217 e. The Kier molecular flexibility index (Phi) is 9.23. The zero-order chi connectivity index (χ0) is 43.6. The van der Waals surface area contributed by atoms with Gasteiger partial charge in [-0.1, -0.05) is 204 Å². The van der Waals surface area contributed by atoms with Crippen LogP contribution in [0.3, 0.4) is 0 Å². The summed E-state index contributed by atoms with van der Waals surface area (Å²) in [5.74, 6) is 2.66. The zero-order valence-electron chi connectivity index (χ0n) is 36.5. The molecule has 0 bridgehead atoms. The molecule has 5 unspecified atom stereocenters. The van der Waals surface area contributed by atoms with E-state index in [1.807, 2.05) is 12.1 Å². The molecule has 5 heteroatoms. The number of allylic oxidation sites excluding steroid dienone is 8. The standard InChI is InChI=1S/C61H46B2N2O/c1-3-19-45(20-4-1)64(46-21-5-2-6-22-46)47-39-35-43(36-40-47)62-53-27-11-7-23-49(53)61(50-24-8-12-28-54(50)62)51-25-9-13-29-55(51)63(56-30-14-10-26-52(56)61)44-37-41-48(42-38-44)65-57-31-15-17-33-59(57)66-60-34-18-16-32-58(60)65/h1-42,49,51,53,55H. The summed E-state index contributed by atoms with van der Waals surface area (Å²) in [7, 11) is 0. The molecule has 0 fully saturated rings. The lowest BCUT2D eigenvalue weighted by atomic mass is 9.19. The molecule has 0 saturated heterocycles. The molecule has 0 amide bonds. The van der Waals surface area contributed by atoms with Crippen LogP contribution in [0, 0.1) is 11.8 Å². The van der Waals surface area contributed by atoms with Crippen LogP contribution in [-0.4, -0.2) is 13.4 Å². The number of benzene rings is 8. The normalized spacial score (nSPS) is 21.5. The van der Waals surface area contributed by atoms with E-state index < -0.39 is 0 Å². The second-order valence-corrected chi connectivity index (χ2v) is 18.3. The van der Waals surface area contributed by atoms with Crippen LogP contribution >= 0.6 is 0 Å². The summed E-state index contributed by atoms with van der Waals surface area (Å²) in [6, 6.07) is 75.8. The van der Waals surface area contributed by atoms with E-state index in [0.717, 1.165) is 45.6 Å². The Morgan fingerprint density at radius 2 is 0.803 bits per heavy atom. The number of hydrogen-bond donors (Lipinski definition) is 0. The van der Waals surface area contributed by atoms with Gasteiger partial charge in [-0.05, 0) is 107 Å². The molecule has 2 aliphatic carbocycles. The van der Waals surface area contributed by atoms with Crippen molar-refractivity contribution in [3.8, 4) is 11.5 Å². The lowest BCUT2D eigenvalue weighted by Gasteiger charge is -2.59. The summed E-state index contributed by atoms with van der Waals surface area (Å²) < 4.78 is 6.37. The van der Waals surface area contributed by atoms with Crippen LogP contribution in [0.4, 0.5) is 34.1 Å². The molecule has 13 rings (SSSR count). The molecule has 312 valence electrons. The van der Waals surface area contributed by atoms with Gasteiger partial charge < -0.3 is 14.5 Å². The van der Waals surface area contributed by atoms with E-state index in [9.17, 15) is 0 Å². The van der Waals surface area contributed by atoms with Crippen LogP contribution in [0.25, 0.3) is 0 Å². The molecule has 0 aromatic heterocycles. The predicted octanol–water partition coefficient (Wildman–Crippen LogP) is 12.5. The summed E-state index contributed by atoms with van der Waals surface area (Å²) >= 11 is 0. The lowest BCUT2D eigenvalue weighted by molar-refractivity contribution is 0.281. The first-order valence-electron chi connectivity index (χ1n) is 23.4. The van der Waals surface area contributed by atoms with E-state index in [-0.39, 0.29) is 42.3 Å². The third-order valence-electron chi connectivity index (χ3n) is 15.1. The fourth-order valence-corrected chi connectivity index (χ4v) is 12.6. The van der Waals surface area contributed by atoms with Crippen LogP contribution < -0.4 is 36.4 Å². The molecule has 3 nitrogen and oxygen atoms in total.